The minimum absolute atomic E-state index is 0.0180. The smallest absolute Gasteiger partial charge is 0.222 e. The van der Waals surface area contributed by atoms with Gasteiger partial charge in [-0.2, -0.15) is 0 Å². The molecule has 0 radical (unpaired) electrons. The normalized spacial score (nSPS) is 13.7. The summed E-state index contributed by atoms with van der Waals surface area (Å²) in [6.45, 7) is 4.21. The van der Waals surface area contributed by atoms with Gasteiger partial charge < -0.3 is 20.6 Å². The highest BCUT2D eigenvalue weighted by Crippen LogP contribution is 2.16. The summed E-state index contributed by atoms with van der Waals surface area (Å²) < 4.78 is 0. The van der Waals surface area contributed by atoms with Crippen molar-refractivity contribution in [2.45, 2.75) is 250 Å². The molecule has 0 heterocycles. The fraction of sp³-hybridized carbons (Fsp3) is 0.930. The van der Waals surface area contributed by atoms with Gasteiger partial charge in [-0.25, -0.2) is 0 Å². The van der Waals surface area contributed by atoms with Crippen LogP contribution in [0.2, 0.25) is 0 Å². The van der Waals surface area contributed by atoms with Crippen molar-refractivity contribution in [3.05, 3.63) is 12.2 Å². The quantitative estimate of drug-likeness (QED) is 0.0384. The predicted molar refractivity (Wildman–Crippen MR) is 208 cm³/mol. The van der Waals surface area contributed by atoms with Crippen LogP contribution in [-0.4, -0.2) is 46.1 Å². The van der Waals surface area contributed by atoms with Crippen LogP contribution in [0.15, 0.2) is 12.2 Å². The predicted octanol–water partition coefficient (Wildman–Crippen LogP) is 12.0. The number of rotatable bonds is 39. The summed E-state index contributed by atoms with van der Waals surface area (Å²) in [5.74, 6) is -0.314. The third kappa shape index (κ3) is 34.9. The summed E-state index contributed by atoms with van der Waals surface area (Å²) in [7, 11) is 0. The molecule has 4 N–H and O–H groups in total. The first kappa shape index (κ1) is 47.1. The van der Waals surface area contributed by atoms with Gasteiger partial charge in [0.1, 0.15) is 0 Å². The van der Waals surface area contributed by atoms with Crippen molar-refractivity contribution in [3.63, 3.8) is 0 Å². The Morgan fingerprint density at radius 2 is 0.854 bits per heavy atom. The van der Waals surface area contributed by atoms with Crippen LogP contribution in [0.25, 0.3) is 0 Å². The van der Waals surface area contributed by atoms with Crippen LogP contribution in [0.4, 0.5) is 0 Å². The molecule has 0 aromatic heterocycles. The number of aliphatic hydroxyl groups is 3. The van der Waals surface area contributed by atoms with Crippen LogP contribution in [0, 0.1) is 0 Å². The number of carbonyl (C=O) groups is 1. The number of hydrogen-bond donors (Lipinski definition) is 4. The van der Waals surface area contributed by atoms with E-state index in [-0.39, 0.29) is 18.9 Å². The van der Waals surface area contributed by atoms with Crippen molar-refractivity contribution in [2.24, 2.45) is 0 Å². The molecule has 0 aliphatic rings. The Balaban J connectivity index is 3.62. The van der Waals surface area contributed by atoms with E-state index < -0.39 is 18.2 Å². The molecule has 48 heavy (non-hydrogen) atoms. The third-order valence-corrected chi connectivity index (χ3v) is 10.1. The lowest BCUT2D eigenvalue weighted by Gasteiger charge is -2.21. The molecule has 5 heteroatoms. The number of hydrogen-bond acceptors (Lipinski definition) is 4. The monoisotopic (exact) mass is 680 g/mol. The Morgan fingerprint density at radius 1 is 0.521 bits per heavy atom. The molecule has 0 spiro atoms. The molecule has 0 rings (SSSR count). The molecule has 0 aliphatic heterocycles. The number of nitrogens with one attached hydrogen (secondary N) is 1. The standard InChI is InChI=1S/C43H85NO4/c1-3-5-7-9-11-13-15-16-17-18-19-20-21-22-23-24-25-27-29-31-33-35-37-42(47)41(39-45)44-43(48)38-40(46)36-34-32-30-28-26-14-12-10-8-6-4-2/h35,37,40-42,45-47H,3-34,36,38-39H2,1-2H3,(H,44,48)/b37-35+. The minimum Gasteiger partial charge on any atom is -0.394 e. The highest BCUT2D eigenvalue weighted by molar-refractivity contribution is 5.76. The molecule has 5 nitrogen and oxygen atoms in total. The molecule has 0 aliphatic carbocycles. The lowest BCUT2D eigenvalue weighted by molar-refractivity contribution is -0.124. The summed E-state index contributed by atoms with van der Waals surface area (Å²) in [4.78, 5) is 12.4. The number of allylic oxidation sites excluding steroid dienone is 1. The van der Waals surface area contributed by atoms with Gasteiger partial charge in [-0.1, -0.05) is 219 Å². The average molecular weight is 680 g/mol. The van der Waals surface area contributed by atoms with Crippen LogP contribution in [-0.2, 0) is 4.79 Å². The van der Waals surface area contributed by atoms with E-state index in [1.807, 2.05) is 6.08 Å². The molecule has 1 amide bonds. The second-order valence-electron chi connectivity index (χ2n) is 15.0. The molecule has 3 unspecified atom stereocenters. The maximum Gasteiger partial charge on any atom is 0.222 e. The summed E-state index contributed by atoms with van der Waals surface area (Å²) >= 11 is 0. The Kier molecular flexibility index (Phi) is 38.1. The van der Waals surface area contributed by atoms with E-state index in [0.29, 0.717) is 6.42 Å². The molecular formula is C43H85NO4. The van der Waals surface area contributed by atoms with Crippen molar-refractivity contribution in [1.82, 2.24) is 5.32 Å². The van der Waals surface area contributed by atoms with Gasteiger partial charge in [-0.05, 0) is 19.3 Å². The zero-order valence-electron chi connectivity index (χ0n) is 32.4. The van der Waals surface area contributed by atoms with E-state index >= 15 is 0 Å². The van der Waals surface area contributed by atoms with E-state index in [1.165, 1.54) is 180 Å². The van der Waals surface area contributed by atoms with Gasteiger partial charge in [0.05, 0.1) is 31.3 Å². The topological polar surface area (TPSA) is 89.8 Å². The molecule has 286 valence electrons. The number of amides is 1. The molecule has 0 saturated carbocycles. The lowest BCUT2D eigenvalue weighted by atomic mass is 10.0. The van der Waals surface area contributed by atoms with Gasteiger partial charge in [0.2, 0.25) is 5.91 Å². The van der Waals surface area contributed by atoms with Gasteiger partial charge in [-0.15, -0.1) is 0 Å². The van der Waals surface area contributed by atoms with E-state index in [2.05, 4.69) is 19.2 Å². The largest absolute Gasteiger partial charge is 0.394 e. The van der Waals surface area contributed by atoms with Crippen LogP contribution in [0.5, 0.6) is 0 Å². The van der Waals surface area contributed by atoms with Crippen LogP contribution in [0.3, 0.4) is 0 Å². The Hall–Kier alpha value is -0.910. The van der Waals surface area contributed by atoms with Crippen LogP contribution in [0.1, 0.15) is 232 Å². The highest BCUT2D eigenvalue weighted by Gasteiger charge is 2.20. The second-order valence-corrected chi connectivity index (χ2v) is 15.0. The maximum absolute atomic E-state index is 12.4. The lowest BCUT2D eigenvalue weighted by Crippen LogP contribution is -2.45. The Labute approximate surface area is 299 Å². The minimum atomic E-state index is -0.923. The van der Waals surface area contributed by atoms with Crippen molar-refractivity contribution in [3.8, 4) is 0 Å². The maximum atomic E-state index is 12.4. The second kappa shape index (κ2) is 38.9. The molecular weight excluding hydrogens is 594 g/mol. The van der Waals surface area contributed by atoms with Gasteiger partial charge in [0.15, 0.2) is 0 Å². The molecule has 0 bridgehead atoms. The number of aliphatic hydroxyl groups excluding tert-OH is 3. The van der Waals surface area contributed by atoms with Gasteiger partial charge in [0, 0.05) is 0 Å². The molecule has 3 atom stereocenters. The molecule has 0 saturated heterocycles. The van der Waals surface area contributed by atoms with Crippen LogP contribution < -0.4 is 5.32 Å². The highest BCUT2D eigenvalue weighted by atomic mass is 16.3. The van der Waals surface area contributed by atoms with E-state index in [0.717, 1.165) is 25.7 Å². The van der Waals surface area contributed by atoms with Gasteiger partial charge in [0.25, 0.3) is 0 Å². The first-order valence-electron chi connectivity index (χ1n) is 21.5. The summed E-state index contributed by atoms with van der Waals surface area (Å²) in [5.41, 5.74) is 0. The SMILES string of the molecule is CCCCCCCCCCCCCCCCCCCCCC/C=C/C(O)C(CO)NC(=O)CC(O)CCCCCCCCCCCCC. The summed E-state index contributed by atoms with van der Waals surface area (Å²) in [6.07, 6.45) is 45.0. The Morgan fingerprint density at radius 3 is 1.21 bits per heavy atom. The zero-order chi connectivity index (χ0) is 35.2. The third-order valence-electron chi connectivity index (χ3n) is 10.1. The van der Waals surface area contributed by atoms with Crippen molar-refractivity contribution in [2.75, 3.05) is 6.61 Å². The molecule has 0 fully saturated rings. The zero-order valence-corrected chi connectivity index (χ0v) is 32.4. The summed E-state index contributed by atoms with van der Waals surface area (Å²) in [6, 6.07) is -0.738. The van der Waals surface area contributed by atoms with Gasteiger partial charge >= 0.3 is 0 Å². The number of unbranched alkanes of at least 4 members (excludes halogenated alkanes) is 30. The van der Waals surface area contributed by atoms with Gasteiger partial charge in [-0.3, -0.25) is 4.79 Å². The van der Waals surface area contributed by atoms with E-state index in [9.17, 15) is 20.1 Å². The van der Waals surface area contributed by atoms with Crippen molar-refractivity contribution < 1.29 is 20.1 Å². The average Bonchev–Trinajstić information content (AvgIpc) is 3.08. The van der Waals surface area contributed by atoms with Crippen LogP contribution >= 0.6 is 0 Å². The van der Waals surface area contributed by atoms with Crippen molar-refractivity contribution >= 4 is 5.91 Å². The van der Waals surface area contributed by atoms with Crippen molar-refractivity contribution in [1.29, 1.82) is 0 Å². The number of carbonyl (C=O) groups excluding carboxylic acids is 1. The fourth-order valence-electron chi connectivity index (χ4n) is 6.75. The first-order valence-corrected chi connectivity index (χ1v) is 21.5. The van der Waals surface area contributed by atoms with E-state index in [1.54, 1.807) is 6.08 Å². The first-order chi connectivity index (χ1) is 23.5. The van der Waals surface area contributed by atoms with E-state index in [4.69, 9.17) is 0 Å². The fourth-order valence-corrected chi connectivity index (χ4v) is 6.75. The Bertz CT molecular complexity index is 669. The molecule has 0 aromatic rings. The molecule has 0 aromatic carbocycles. The summed E-state index contributed by atoms with van der Waals surface area (Å²) in [5, 5.41) is 33.1.